The molecule has 1 aliphatic heterocycles. The van der Waals surface area contributed by atoms with E-state index in [1.807, 2.05) is 0 Å². The van der Waals surface area contributed by atoms with Crippen LogP contribution in [0.2, 0.25) is 0 Å². The Morgan fingerprint density at radius 3 is 1.79 bits per heavy atom. The minimum absolute atomic E-state index is 0.0296. The van der Waals surface area contributed by atoms with Crippen LogP contribution in [0.3, 0.4) is 0 Å². The summed E-state index contributed by atoms with van der Waals surface area (Å²) in [6, 6.07) is 5.64. The highest BCUT2D eigenvalue weighted by atomic mass is 16.5. The third-order valence-electron chi connectivity index (χ3n) is 6.35. The number of hydrogen-bond donors (Lipinski definition) is 0. The van der Waals surface area contributed by atoms with E-state index in [-0.39, 0.29) is 16.2 Å². The number of ether oxygens (including phenoxy) is 1. The van der Waals surface area contributed by atoms with Crippen LogP contribution in [0.4, 0.5) is 5.69 Å². The van der Waals surface area contributed by atoms with Crippen LogP contribution in [0.5, 0.6) is 5.75 Å². The van der Waals surface area contributed by atoms with Gasteiger partial charge < -0.3 is 9.64 Å². The van der Waals surface area contributed by atoms with Crippen LogP contribution in [-0.4, -0.2) is 37.8 Å². The Hall–Kier alpha value is -1.22. The monoisotopic (exact) mass is 402 g/mol. The van der Waals surface area contributed by atoms with Crippen molar-refractivity contribution in [3.8, 4) is 5.75 Å². The van der Waals surface area contributed by atoms with Gasteiger partial charge in [-0.15, -0.1) is 0 Å². The summed E-state index contributed by atoms with van der Waals surface area (Å²) in [5.74, 6) is 1.45. The van der Waals surface area contributed by atoms with Gasteiger partial charge in [-0.3, -0.25) is 4.90 Å². The maximum absolute atomic E-state index is 5.84. The summed E-state index contributed by atoms with van der Waals surface area (Å²) < 4.78 is 5.84. The van der Waals surface area contributed by atoms with E-state index in [4.69, 9.17) is 4.74 Å². The maximum Gasteiger partial charge on any atom is 0.123 e. The second-order valence-corrected chi connectivity index (χ2v) is 12.5. The van der Waals surface area contributed by atoms with Gasteiger partial charge in [-0.2, -0.15) is 0 Å². The molecule has 1 aliphatic rings. The van der Waals surface area contributed by atoms with E-state index in [0.29, 0.717) is 18.0 Å². The van der Waals surface area contributed by atoms with E-state index in [9.17, 15) is 0 Å². The van der Waals surface area contributed by atoms with Crippen molar-refractivity contribution in [1.82, 2.24) is 4.90 Å². The van der Waals surface area contributed by atoms with Gasteiger partial charge >= 0.3 is 0 Å². The van der Waals surface area contributed by atoms with Crippen molar-refractivity contribution in [3.05, 3.63) is 23.3 Å². The molecule has 1 saturated heterocycles. The first kappa shape index (κ1) is 24.1. The molecule has 166 valence electrons. The highest BCUT2D eigenvalue weighted by molar-refractivity contribution is 5.63. The number of hydrogen-bond acceptors (Lipinski definition) is 3. The average Bonchev–Trinajstić information content (AvgIpc) is 2.90. The van der Waals surface area contributed by atoms with Gasteiger partial charge in [-0.25, -0.2) is 0 Å². The van der Waals surface area contributed by atoms with Crippen LogP contribution in [-0.2, 0) is 5.41 Å². The van der Waals surface area contributed by atoms with Crippen LogP contribution in [0.1, 0.15) is 93.2 Å². The van der Waals surface area contributed by atoms with Crippen LogP contribution in [0.25, 0.3) is 0 Å². The van der Waals surface area contributed by atoms with Crippen LogP contribution < -0.4 is 9.64 Å². The Bertz CT molecular complexity index is 716. The molecule has 1 aromatic rings. The smallest absolute Gasteiger partial charge is 0.123 e. The summed E-state index contributed by atoms with van der Waals surface area (Å²) in [4.78, 5) is 5.24. The lowest BCUT2D eigenvalue weighted by atomic mass is 9.72. The minimum Gasteiger partial charge on any atom is -0.496 e. The fourth-order valence-corrected chi connectivity index (χ4v) is 5.18. The second-order valence-electron chi connectivity index (χ2n) is 12.5. The third kappa shape index (κ3) is 4.76. The van der Waals surface area contributed by atoms with E-state index >= 15 is 0 Å². The molecule has 0 unspecified atom stereocenters. The Morgan fingerprint density at radius 2 is 1.41 bits per heavy atom. The van der Waals surface area contributed by atoms with Crippen molar-refractivity contribution in [3.63, 3.8) is 0 Å². The number of likely N-dealkylation sites (N-methyl/N-ethyl adjacent to an activating group) is 1. The Balaban J connectivity index is 2.76. The summed E-state index contributed by atoms with van der Waals surface area (Å²) in [5.41, 5.74) is 4.45. The molecule has 3 nitrogen and oxygen atoms in total. The summed E-state index contributed by atoms with van der Waals surface area (Å²) in [5, 5.41) is 0. The Kier molecular flexibility index (Phi) is 6.47. The van der Waals surface area contributed by atoms with Crippen molar-refractivity contribution in [2.24, 2.45) is 10.8 Å². The minimum atomic E-state index is 0.0296. The lowest BCUT2D eigenvalue weighted by Gasteiger charge is -2.44. The van der Waals surface area contributed by atoms with E-state index in [1.165, 1.54) is 16.8 Å². The van der Waals surface area contributed by atoms with Crippen molar-refractivity contribution >= 4 is 5.69 Å². The second kappa shape index (κ2) is 7.80. The quantitative estimate of drug-likeness (QED) is 0.562. The van der Waals surface area contributed by atoms with Crippen molar-refractivity contribution in [1.29, 1.82) is 0 Å². The zero-order chi connectivity index (χ0) is 22.5. The van der Waals surface area contributed by atoms with E-state index in [1.54, 1.807) is 7.11 Å². The van der Waals surface area contributed by atoms with Gasteiger partial charge in [0, 0.05) is 17.3 Å². The molecule has 0 bridgehead atoms. The molecule has 0 N–H and O–H groups in total. The summed E-state index contributed by atoms with van der Waals surface area (Å²) in [6.07, 6.45) is 0. The zero-order valence-corrected chi connectivity index (χ0v) is 21.4. The molecule has 0 spiro atoms. The molecular formula is C26H46N2O. The first-order valence-corrected chi connectivity index (χ1v) is 11.2. The lowest BCUT2D eigenvalue weighted by molar-refractivity contribution is 0.118. The number of benzene rings is 1. The summed E-state index contributed by atoms with van der Waals surface area (Å²) in [6.45, 7) is 26.7. The molecule has 1 heterocycles. The molecule has 1 fully saturated rings. The van der Waals surface area contributed by atoms with Gasteiger partial charge in [0.2, 0.25) is 0 Å². The van der Waals surface area contributed by atoms with Gasteiger partial charge in [-0.05, 0) is 46.9 Å². The molecule has 29 heavy (non-hydrogen) atoms. The van der Waals surface area contributed by atoms with Crippen molar-refractivity contribution < 1.29 is 4.74 Å². The third-order valence-corrected chi connectivity index (χ3v) is 6.35. The number of anilines is 1. The molecule has 0 radical (unpaired) electrons. The topological polar surface area (TPSA) is 15.7 Å². The van der Waals surface area contributed by atoms with Crippen LogP contribution in [0.15, 0.2) is 12.1 Å². The predicted molar refractivity (Wildman–Crippen MR) is 127 cm³/mol. The van der Waals surface area contributed by atoms with E-state index < -0.39 is 0 Å². The first-order valence-electron chi connectivity index (χ1n) is 11.2. The van der Waals surface area contributed by atoms with Crippen molar-refractivity contribution in [2.45, 2.75) is 99.6 Å². The summed E-state index contributed by atoms with van der Waals surface area (Å²) in [7, 11) is 4.09. The highest BCUT2D eigenvalue weighted by Gasteiger charge is 2.50. The SMILES string of the molecule is COc1cc(C(C)C)c(N2CN(C)[C@H](C(C)(C)C)[C@H]2C(C)(C)C)cc1C(C)(C)C. The summed E-state index contributed by atoms with van der Waals surface area (Å²) >= 11 is 0. The molecule has 0 saturated carbocycles. The average molecular weight is 403 g/mol. The first-order chi connectivity index (χ1) is 13.0. The van der Waals surface area contributed by atoms with Crippen molar-refractivity contribution in [2.75, 3.05) is 25.7 Å². The van der Waals surface area contributed by atoms with Crippen LogP contribution >= 0.6 is 0 Å². The molecule has 3 heteroatoms. The molecule has 2 rings (SSSR count). The molecule has 0 amide bonds. The fraction of sp³-hybridized carbons (Fsp3) is 0.769. The van der Waals surface area contributed by atoms with E-state index in [2.05, 4.69) is 105 Å². The van der Waals surface area contributed by atoms with E-state index in [0.717, 1.165) is 12.4 Å². The van der Waals surface area contributed by atoms with Gasteiger partial charge in [0.15, 0.2) is 0 Å². The molecular weight excluding hydrogens is 356 g/mol. The lowest BCUT2D eigenvalue weighted by Crippen LogP contribution is -2.51. The number of nitrogens with zero attached hydrogens (tertiary/aromatic N) is 2. The number of methoxy groups -OCH3 is 1. The van der Waals surface area contributed by atoms with Gasteiger partial charge in [0.1, 0.15) is 5.75 Å². The zero-order valence-electron chi connectivity index (χ0n) is 21.4. The van der Waals surface area contributed by atoms with Gasteiger partial charge in [0.25, 0.3) is 0 Å². The van der Waals surface area contributed by atoms with Gasteiger partial charge in [0.05, 0.1) is 19.8 Å². The standard InChI is InChI=1S/C26H46N2O/c1-17(2)18-14-21(29-13)19(24(3,4)5)15-20(18)28-16-27(12)22(25(6,7)8)23(28)26(9,10)11/h14-15,17,22-23H,16H2,1-13H3/t22-,23-/m0/s1. The predicted octanol–water partition coefficient (Wildman–Crippen LogP) is 6.65. The highest BCUT2D eigenvalue weighted by Crippen LogP contribution is 2.47. The molecule has 0 aromatic heterocycles. The maximum atomic E-state index is 5.84. The largest absolute Gasteiger partial charge is 0.496 e. The Labute approximate surface area is 180 Å². The Morgan fingerprint density at radius 1 is 0.897 bits per heavy atom. The molecule has 0 aliphatic carbocycles. The molecule has 2 atom stereocenters. The normalized spacial score (nSPS) is 21.9. The number of rotatable bonds is 3. The van der Waals surface area contributed by atoms with Gasteiger partial charge in [-0.1, -0.05) is 76.2 Å². The fourth-order valence-electron chi connectivity index (χ4n) is 5.18. The van der Waals surface area contributed by atoms with Crippen LogP contribution in [0, 0.1) is 10.8 Å². The molecule has 1 aromatic carbocycles.